The van der Waals surface area contributed by atoms with E-state index in [0.29, 0.717) is 29.2 Å². The van der Waals surface area contributed by atoms with Crippen LogP contribution in [0.2, 0.25) is 0 Å². The fourth-order valence-electron chi connectivity index (χ4n) is 3.49. The maximum absolute atomic E-state index is 13.6. The molecule has 0 atom stereocenters. The van der Waals surface area contributed by atoms with Crippen molar-refractivity contribution >= 4 is 23.1 Å². The van der Waals surface area contributed by atoms with Gasteiger partial charge in [-0.05, 0) is 49.1 Å². The molecule has 0 aromatic heterocycles. The molecule has 6 nitrogen and oxygen atoms in total. The molecular formula is C24H28N2O4. The summed E-state index contributed by atoms with van der Waals surface area (Å²) >= 11 is 0. The standard InChI is InChI=1S/C24H28N2O4/c1-5-14-30-20-9-7-6-8-19(20)26-23(28)21(18-11-10-16(2)17(3)15-18)22(24(26)29)25(4)12-13-27/h6-11,15,27H,5,12-14H2,1-4H3. The van der Waals surface area contributed by atoms with Gasteiger partial charge in [-0.25, -0.2) is 4.90 Å². The van der Waals surface area contributed by atoms with Crippen LogP contribution in [0.5, 0.6) is 5.75 Å². The third-order valence-electron chi connectivity index (χ3n) is 5.24. The predicted molar refractivity (Wildman–Crippen MR) is 117 cm³/mol. The molecular weight excluding hydrogens is 380 g/mol. The molecule has 0 aliphatic carbocycles. The van der Waals surface area contributed by atoms with E-state index in [2.05, 4.69) is 0 Å². The molecule has 3 rings (SSSR count). The van der Waals surface area contributed by atoms with E-state index in [-0.39, 0.29) is 18.8 Å². The molecule has 0 fully saturated rings. The van der Waals surface area contributed by atoms with Gasteiger partial charge in [-0.1, -0.05) is 37.3 Å². The average Bonchev–Trinajstić information content (AvgIpc) is 2.99. The van der Waals surface area contributed by atoms with E-state index < -0.39 is 11.8 Å². The fraction of sp³-hybridized carbons (Fsp3) is 0.333. The van der Waals surface area contributed by atoms with Crippen LogP contribution in [0.1, 0.15) is 30.0 Å². The summed E-state index contributed by atoms with van der Waals surface area (Å²) in [5.41, 5.74) is 3.87. The van der Waals surface area contributed by atoms with Crippen molar-refractivity contribution in [2.45, 2.75) is 27.2 Å². The Bertz CT molecular complexity index is 996. The number of aliphatic hydroxyl groups is 1. The highest BCUT2D eigenvalue weighted by Crippen LogP contribution is 2.38. The summed E-state index contributed by atoms with van der Waals surface area (Å²) in [6.07, 6.45) is 0.812. The second kappa shape index (κ2) is 9.13. The van der Waals surface area contributed by atoms with Crippen LogP contribution in [0.3, 0.4) is 0 Å². The highest BCUT2D eigenvalue weighted by atomic mass is 16.5. The molecule has 0 saturated heterocycles. The molecule has 0 spiro atoms. The van der Waals surface area contributed by atoms with Crippen molar-refractivity contribution in [3.05, 3.63) is 64.9 Å². The number of benzene rings is 2. The first-order chi connectivity index (χ1) is 14.4. The van der Waals surface area contributed by atoms with Gasteiger partial charge in [0, 0.05) is 13.6 Å². The number of rotatable bonds is 8. The van der Waals surface area contributed by atoms with E-state index >= 15 is 0 Å². The predicted octanol–water partition coefficient (Wildman–Crippen LogP) is 3.30. The van der Waals surface area contributed by atoms with Crippen molar-refractivity contribution in [1.29, 1.82) is 0 Å². The van der Waals surface area contributed by atoms with Crippen molar-refractivity contribution in [1.82, 2.24) is 4.90 Å². The van der Waals surface area contributed by atoms with Crippen LogP contribution in [0.4, 0.5) is 5.69 Å². The summed E-state index contributed by atoms with van der Waals surface area (Å²) in [6, 6.07) is 12.8. The minimum Gasteiger partial charge on any atom is -0.491 e. The number of aryl methyl sites for hydroxylation is 2. The van der Waals surface area contributed by atoms with Crippen LogP contribution in [0.15, 0.2) is 48.2 Å². The SMILES string of the molecule is CCCOc1ccccc1N1C(=O)C(c2ccc(C)c(C)c2)=C(N(C)CCO)C1=O. The van der Waals surface area contributed by atoms with Crippen LogP contribution in [-0.4, -0.2) is 48.6 Å². The maximum Gasteiger partial charge on any atom is 0.282 e. The summed E-state index contributed by atoms with van der Waals surface area (Å²) in [5.74, 6) is -0.320. The van der Waals surface area contributed by atoms with Gasteiger partial charge in [0.25, 0.3) is 11.8 Å². The van der Waals surface area contributed by atoms with Crippen LogP contribution < -0.4 is 9.64 Å². The minimum absolute atomic E-state index is 0.127. The molecule has 0 radical (unpaired) electrons. The number of amides is 2. The first kappa shape index (κ1) is 21.6. The van der Waals surface area contributed by atoms with Gasteiger partial charge in [0.2, 0.25) is 0 Å². The number of imide groups is 1. The zero-order valence-corrected chi connectivity index (χ0v) is 17.9. The van der Waals surface area contributed by atoms with Crippen molar-refractivity contribution in [2.24, 2.45) is 0 Å². The highest BCUT2D eigenvalue weighted by molar-refractivity contribution is 6.45. The smallest absolute Gasteiger partial charge is 0.282 e. The molecule has 2 amide bonds. The second-order valence-electron chi connectivity index (χ2n) is 7.43. The molecule has 30 heavy (non-hydrogen) atoms. The monoisotopic (exact) mass is 408 g/mol. The molecule has 1 aliphatic rings. The van der Waals surface area contributed by atoms with Gasteiger partial charge in [0.05, 0.1) is 24.5 Å². The normalized spacial score (nSPS) is 14.0. The Morgan fingerprint density at radius 1 is 1.03 bits per heavy atom. The summed E-state index contributed by atoms with van der Waals surface area (Å²) < 4.78 is 5.80. The summed E-state index contributed by atoms with van der Waals surface area (Å²) in [6.45, 7) is 6.57. The molecule has 6 heteroatoms. The summed E-state index contributed by atoms with van der Waals surface area (Å²) in [4.78, 5) is 29.8. The van der Waals surface area contributed by atoms with E-state index in [0.717, 1.165) is 17.5 Å². The van der Waals surface area contributed by atoms with Gasteiger partial charge in [-0.3, -0.25) is 9.59 Å². The summed E-state index contributed by atoms with van der Waals surface area (Å²) in [7, 11) is 1.71. The topological polar surface area (TPSA) is 70.1 Å². The van der Waals surface area contributed by atoms with Crippen LogP contribution >= 0.6 is 0 Å². The quantitative estimate of drug-likeness (QED) is 0.679. The Morgan fingerprint density at radius 2 is 1.77 bits per heavy atom. The van der Waals surface area contributed by atoms with Gasteiger partial charge in [0.1, 0.15) is 11.4 Å². The molecule has 0 unspecified atom stereocenters. The Kier molecular flexibility index (Phi) is 6.57. The van der Waals surface area contributed by atoms with Crippen molar-refractivity contribution in [3.63, 3.8) is 0 Å². The van der Waals surface area contributed by atoms with E-state index in [1.165, 1.54) is 4.90 Å². The lowest BCUT2D eigenvalue weighted by atomic mass is 9.99. The zero-order chi connectivity index (χ0) is 21.8. The van der Waals surface area contributed by atoms with E-state index in [4.69, 9.17) is 4.74 Å². The lowest BCUT2D eigenvalue weighted by molar-refractivity contribution is -0.120. The van der Waals surface area contributed by atoms with E-state index in [9.17, 15) is 14.7 Å². The molecule has 158 valence electrons. The molecule has 1 heterocycles. The van der Waals surface area contributed by atoms with Gasteiger partial charge in [-0.2, -0.15) is 0 Å². The number of carbonyl (C=O) groups is 2. The number of likely N-dealkylation sites (N-methyl/N-ethyl adjacent to an activating group) is 1. The van der Waals surface area contributed by atoms with Crippen LogP contribution in [0.25, 0.3) is 5.57 Å². The van der Waals surface area contributed by atoms with E-state index in [1.807, 2.05) is 45.0 Å². The maximum atomic E-state index is 13.6. The first-order valence-electron chi connectivity index (χ1n) is 10.1. The molecule has 1 aliphatic heterocycles. The lowest BCUT2D eigenvalue weighted by Gasteiger charge is -2.21. The second-order valence-corrected chi connectivity index (χ2v) is 7.43. The molecule has 1 N–H and O–H groups in total. The molecule has 0 bridgehead atoms. The van der Waals surface area contributed by atoms with E-state index in [1.54, 1.807) is 30.1 Å². The molecule has 2 aromatic carbocycles. The van der Waals surface area contributed by atoms with Gasteiger partial charge in [-0.15, -0.1) is 0 Å². The third kappa shape index (κ3) is 3.96. The number of carbonyl (C=O) groups excluding carboxylic acids is 2. The van der Waals surface area contributed by atoms with Crippen molar-refractivity contribution in [2.75, 3.05) is 31.7 Å². The Balaban J connectivity index is 2.13. The average molecular weight is 408 g/mol. The number of para-hydroxylation sites is 2. The number of anilines is 1. The molecule has 2 aromatic rings. The Morgan fingerprint density at radius 3 is 2.43 bits per heavy atom. The first-order valence-corrected chi connectivity index (χ1v) is 10.1. The zero-order valence-electron chi connectivity index (χ0n) is 17.9. The van der Waals surface area contributed by atoms with Gasteiger partial charge >= 0.3 is 0 Å². The Hall–Kier alpha value is -3.12. The van der Waals surface area contributed by atoms with Crippen molar-refractivity contribution < 1.29 is 19.4 Å². The van der Waals surface area contributed by atoms with Gasteiger partial charge < -0.3 is 14.7 Å². The van der Waals surface area contributed by atoms with Gasteiger partial charge in [0.15, 0.2) is 0 Å². The van der Waals surface area contributed by atoms with Crippen LogP contribution in [0, 0.1) is 13.8 Å². The number of hydrogen-bond acceptors (Lipinski definition) is 5. The number of ether oxygens (including phenoxy) is 1. The number of nitrogens with zero attached hydrogens (tertiary/aromatic N) is 2. The van der Waals surface area contributed by atoms with Crippen molar-refractivity contribution in [3.8, 4) is 5.75 Å². The highest BCUT2D eigenvalue weighted by Gasteiger charge is 2.42. The minimum atomic E-state index is -0.420. The molecule has 0 saturated carbocycles. The Labute approximate surface area is 177 Å². The number of aliphatic hydroxyl groups excluding tert-OH is 1. The van der Waals surface area contributed by atoms with Crippen LogP contribution in [-0.2, 0) is 9.59 Å². The largest absolute Gasteiger partial charge is 0.491 e. The summed E-state index contributed by atoms with van der Waals surface area (Å²) in [5, 5.41) is 9.42. The lowest BCUT2D eigenvalue weighted by Crippen LogP contribution is -2.35. The fourth-order valence-corrected chi connectivity index (χ4v) is 3.49. The number of hydrogen-bond donors (Lipinski definition) is 1. The third-order valence-corrected chi connectivity index (χ3v) is 5.24.